The second-order valence-corrected chi connectivity index (χ2v) is 18.1. The minimum absolute atomic E-state index is 0.0333. The maximum atomic E-state index is 13.9. The minimum Gasteiger partial charge on any atom is -0.488 e. The number of ether oxygens (including phenoxy) is 1. The fourth-order valence-corrected chi connectivity index (χ4v) is 6.88. The van der Waals surface area contributed by atoms with Gasteiger partial charge in [0.1, 0.15) is 24.0 Å². The zero-order valence-electron chi connectivity index (χ0n) is 26.6. The third-order valence-electron chi connectivity index (χ3n) is 9.14. The molecular formula is C37H42F2N2O3Si. The van der Waals surface area contributed by atoms with E-state index in [9.17, 15) is 13.6 Å². The molecule has 3 unspecified atom stereocenters. The molecule has 45 heavy (non-hydrogen) atoms. The van der Waals surface area contributed by atoms with Crippen molar-refractivity contribution in [3.8, 4) is 5.75 Å². The molecule has 0 aliphatic carbocycles. The smallest absolute Gasteiger partial charge is 0.233 e. The first kappa shape index (κ1) is 32.4. The summed E-state index contributed by atoms with van der Waals surface area (Å²) in [6.45, 7) is 11.3. The van der Waals surface area contributed by atoms with E-state index in [4.69, 9.17) is 14.9 Å². The van der Waals surface area contributed by atoms with E-state index in [1.165, 1.54) is 24.3 Å². The van der Waals surface area contributed by atoms with E-state index >= 15 is 0 Å². The molecule has 1 heterocycles. The van der Waals surface area contributed by atoms with Crippen LogP contribution in [0.5, 0.6) is 5.75 Å². The van der Waals surface area contributed by atoms with Crippen molar-refractivity contribution >= 4 is 25.6 Å². The molecule has 5 nitrogen and oxygen atoms in total. The van der Waals surface area contributed by atoms with Crippen LogP contribution in [-0.4, -0.2) is 14.2 Å². The van der Waals surface area contributed by atoms with Crippen LogP contribution in [0.3, 0.4) is 0 Å². The van der Waals surface area contributed by atoms with E-state index in [0.29, 0.717) is 36.6 Å². The van der Waals surface area contributed by atoms with E-state index in [1.54, 1.807) is 35.2 Å². The first-order valence-electron chi connectivity index (χ1n) is 15.4. The summed E-state index contributed by atoms with van der Waals surface area (Å²) < 4.78 is 41.0. The molecule has 1 saturated heterocycles. The largest absolute Gasteiger partial charge is 0.488 e. The van der Waals surface area contributed by atoms with Crippen molar-refractivity contribution in [1.29, 1.82) is 0 Å². The molecule has 4 aromatic rings. The number of amides is 1. The molecule has 2 N–H and O–H groups in total. The standard InChI is InChI=1S/C37H42F2N2O3Si/c1-37(2,3)45(4,5)44-33(26-11-13-27(38)14-12-26)22-21-32-35(41(36(32)42)30-18-15-28(39)16-19-30)31-20-17-29(40)23-34(31)43-24-25-9-7-6-8-10-25/h6-20,23,32-33,35H,21-22,24,40H2,1-5H3. The van der Waals surface area contributed by atoms with Gasteiger partial charge in [-0.05, 0) is 84.6 Å². The normalized spacial score (nSPS) is 17.6. The molecule has 0 saturated carbocycles. The summed E-state index contributed by atoms with van der Waals surface area (Å²) in [5.41, 5.74) is 10.1. The SMILES string of the molecule is CC(C)(C)[Si](C)(C)OC(CCC1C(=O)N(c2ccc(F)cc2)C1c1ccc(N)cc1OCc1ccccc1)c1ccc(F)cc1. The summed E-state index contributed by atoms with van der Waals surface area (Å²) in [6.07, 6.45) is 0.790. The fourth-order valence-electron chi connectivity index (χ4n) is 5.57. The lowest BCUT2D eigenvalue weighted by Gasteiger charge is -2.48. The number of rotatable bonds is 11. The summed E-state index contributed by atoms with van der Waals surface area (Å²) >= 11 is 0. The van der Waals surface area contributed by atoms with Crippen molar-refractivity contribution < 1.29 is 22.7 Å². The Balaban J connectivity index is 1.47. The van der Waals surface area contributed by atoms with Gasteiger partial charge >= 0.3 is 0 Å². The fraction of sp³-hybridized carbons (Fsp3) is 0.324. The van der Waals surface area contributed by atoms with Crippen molar-refractivity contribution in [3.05, 3.63) is 125 Å². The van der Waals surface area contributed by atoms with Crippen LogP contribution in [0.1, 0.15) is 62.4 Å². The molecular weight excluding hydrogens is 587 g/mol. The summed E-state index contributed by atoms with van der Waals surface area (Å²) in [7, 11) is -2.21. The Kier molecular flexibility index (Phi) is 9.46. The molecule has 0 radical (unpaired) electrons. The lowest BCUT2D eigenvalue weighted by molar-refractivity contribution is -0.131. The van der Waals surface area contributed by atoms with Gasteiger partial charge < -0.3 is 19.8 Å². The second kappa shape index (κ2) is 13.1. The highest BCUT2D eigenvalue weighted by Crippen LogP contribution is 2.50. The lowest BCUT2D eigenvalue weighted by Crippen LogP contribution is -2.55. The zero-order chi connectivity index (χ0) is 32.4. The predicted octanol–water partition coefficient (Wildman–Crippen LogP) is 9.37. The van der Waals surface area contributed by atoms with Gasteiger partial charge in [-0.3, -0.25) is 4.79 Å². The monoisotopic (exact) mass is 628 g/mol. The van der Waals surface area contributed by atoms with Crippen molar-refractivity contribution in [2.45, 2.75) is 70.5 Å². The zero-order valence-corrected chi connectivity index (χ0v) is 27.6. The molecule has 0 bridgehead atoms. The Morgan fingerprint density at radius 3 is 2.13 bits per heavy atom. The van der Waals surface area contributed by atoms with Gasteiger partial charge in [0.15, 0.2) is 8.32 Å². The van der Waals surface area contributed by atoms with Crippen LogP contribution in [0, 0.1) is 17.6 Å². The summed E-state index contributed by atoms with van der Waals surface area (Å²) in [5.74, 6) is -0.517. The molecule has 0 aromatic heterocycles. The third kappa shape index (κ3) is 7.29. The summed E-state index contributed by atoms with van der Waals surface area (Å²) in [6, 6.07) is 27.4. The van der Waals surface area contributed by atoms with E-state index in [2.05, 4.69) is 33.9 Å². The Labute approximate surface area is 266 Å². The number of nitrogens with two attached hydrogens (primary N) is 1. The van der Waals surface area contributed by atoms with Gasteiger partial charge in [0.05, 0.1) is 18.1 Å². The number of hydrogen-bond donors (Lipinski definition) is 1. The van der Waals surface area contributed by atoms with Crippen molar-refractivity contribution in [1.82, 2.24) is 0 Å². The average molecular weight is 629 g/mol. The van der Waals surface area contributed by atoms with Gasteiger partial charge in [0.25, 0.3) is 0 Å². The highest BCUT2D eigenvalue weighted by atomic mass is 28.4. The van der Waals surface area contributed by atoms with Gasteiger partial charge in [-0.1, -0.05) is 69.3 Å². The van der Waals surface area contributed by atoms with Gasteiger partial charge in [0, 0.05) is 23.0 Å². The summed E-state index contributed by atoms with van der Waals surface area (Å²) in [5, 5.41) is -0.0333. The van der Waals surface area contributed by atoms with E-state index < -0.39 is 8.32 Å². The Bertz CT molecular complexity index is 1610. The average Bonchev–Trinajstić information content (AvgIpc) is 3.00. The molecule has 1 amide bonds. The maximum Gasteiger partial charge on any atom is 0.233 e. The molecule has 4 aromatic carbocycles. The Hall–Kier alpha value is -4.01. The van der Waals surface area contributed by atoms with E-state index in [1.807, 2.05) is 42.5 Å². The molecule has 3 atom stereocenters. The van der Waals surface area contributed by atoms with E-state index in [0.717, 1.165) is 16.7 Å². The third-order valence-corrected chi connectivity index (χ3v) is 13.6. The first-order valence-corrected chi connectivity index (χ1v) is 18.3. The minimum atomic E-state index is -2.21. The molecule has 236 valence electrons. The topological polar surface area (TPSA) is 64.8 Å². The van der Waals surface area contributed by atoms with Crippen LogP contribution in [-0.2, 0) is 15.8 Å². The van der Waals surface area contributed by atoms with Crippen molar-refractivity contribution in [2.75, 3.05) is 10.6 Å². The number of nitrogens with zero attached hydrogens (tertiary/aromatic N) is 1. The highest BCUT2D eigenvalue weighted by Gasteiger charge is 2.50. The number of halogens is 2. The second-order valence-electron chi connectivity index (χ2n) is 13.3. The van der Waals surface area contributed by atoms with Gasteiger partial charge in [-0.15, -0.1) is 0 Å². The number of benzene rings is 4. The molecule has 1 fully saturated rings. The van der Waals surface area contributed by atoms with Crippen LogP contribution in [0.4, 0.5) is 20.2 Å². The Morgan fingerprint density at radius 2 is 1.51 bits per heavy atom. The van der Waals surface area contributed by atoms with Crippen LogP contribution in [0.2, 0.25) is 18.1 Å². The highest BCUT2D eigenvalue weighted by molar-refractivity contribution is 6.74. The number of anilines is 2. The number of nitrogen functional groups attached to an aromatic ring is 1. The Morgan fingerprint density at radius 1 is 0.889 bits per heavy atom. The van der Waals surface area contributed by atoms with Crippen LogP contribution >= 0.6 is 0 Å². The van der Waals surface area contributed by atoms with E-state index in [-0.39, 0.29) is 40.6 Å². The maximum absolute atomic E-state index is 13.9. The molecule has 5 rings (SSSR count). The summed E-state index contributed by atoms with van der Waals surface area (Å²) in [4.78, 5) is 15.6. The van der Waals surface area contributed by atoms with Gasteiger partial charge in [0.2, 0.25) is 5.91 Å². The number of carbonyl (C=O) groups is 1. The van der Waals surface area contributed by atoms with Gasteiger partial charge in [-0.25, -0.2) is 8.78 Å². The molecule has 8 heteroatoms. The quantitative estimate of drug-likeness (QED) is 0.102. The van der Waals surface area contributed by atoms with Crippen LogP contribution in [0.15, 0.2) is 97.1 Å². The van der Waals surface area contributed by atoms with Crippen LogP contribution in [0.25, 0.3) is 0 Å². The van der Waals surface area contributed by atoms with Crippen molar-refractivity contribution in [3.63, 3.8) is 0 Å². The van der Waals surface area contributed by atoms with Crippen molar-refractivity contribution in [2.24, 2.45) is 5.92 Å². The molecule has 0 spiro atoms. The number of carbonyl (C=O) groups excluding carboxylic acids is 1. The first-order chi connectivity index (χ1) is 21.3. The molecule has 1 aliphatic rings. The molecule has 1 aliphatic heterocycles. The number of hydrogen-bond acceptors (Lipinski definition) is 4. The van der Waals surface area contributed by atoms with Crippen LogP contribution < -0.4 is 15.4 Å². The number of β-lactam (4-membered cyclic amide) rings is 1. The van der Waals surface area contributed by atoms with Gasteiger partial charge in [-0.2, -0.15) is 0 Å². The lowest BCUT2D eigenvalue weighted by atomic mass is 9.78. The predicted molar refractivity (Wildman–Crippen MR) is 178 cm³/mol.